The Hall–Kier alpha value is -1.11. The molecule has 0 aromatic heterocycles. The number of hydrogen-bond donors (Lipinski definition) is 0. The molecule has 0 heterocycles. The van der Waals surface area contributed by atoms with Gasteiger partial charge in [0.05, 0.1) is 0 Å². The van der Waals surface area contributed by atoms with E-state index in [4.69, 9.17) is 0 Å². The monoisotopic (exact) mass is 254 g/mol. The van der Waals surface area contributed by atoms with Crippen LogP contribution in [-0.2, 0) is 11.2 Å². The lowest BCUT2D eigenvalue weighted by Crippen LogP contribution is -2.40. The van der Waals surface area contributed by atoms with Gasteiger partial charge < -0.3 is 0 Å². The third kappa shape index (κ3) is 1.50. The van der Waals surface area contributed by atoms with Gasteiger partial charge in [0, 0.05) is 5.41 Å². The summed E-state index contributed by atoms with van der Waals surface area (Å²) in [5, 5.41) is 0. The van der Waals surface area contributed by atoms with Gasteiger partial charge in [-0.2, -0.15) is 0 Å². The van der Waals surface area contributed by atoms with Crippen LogP contribution in [0.1, 0.15) is 38.2 Å². The van der Waals surface area contributed by atoms with Crippen LogP contribution < -0.4 is 0 Å². The highest BCUT2D eigenvalue weighted by Crippen LogP contribution is 2.69. The molecule has 5 atom stereocenters. The average molecular weight is 254 g/mol. The van der Waals surface area contributed by atoms with Crippen LogP contribution in [0.5, 0.6) is 0 Å². The van der Waals surface area contributed by atoms with Crippen molar-refractivity contribution in [2.45, 2.75) is 39.0 Å². The van der Waals surface area contributed by atoms with Crippen LogP contribution in [0.25, 0.3) is 0 Å². The van der Waals surface area contributed by atoms with Gasteiger partial charge in [0.15, 0.2) is 0 Å². The number of Topliss-reactive ketones (excluding diaryl/α,β-unsaturated/α-hetero) is 1. The largest absolute Gasteiger partial charge is 0.299 e. The lowest BCUT2D eigenvalue weighted by atomic mass is 9.63. The molecule has 4 bridgehead atoms. The number of rotatable bonds is 3. The van der Waals surface area contributed by atoms with E-state index in [0.29, 0.717) is 17.6 Å². The van der Waals surface area contributed by atoms with Crippen molar-refractivity contribution in [1.82, 2.24) is 0 Å². The Morgan fingerprint density at radius 3 is 2.74 bits per heavy atom. The smallest absolute Gasteiger partial charge is 0.136 e. The van der Waals surface area contributed by atoms with Crippen molar-refractivity contribution in [2.24, 2.45) is 29.1 Å². The molecule has 4 fully saturated rings. The van der Waals surface area contributed by atoms with E-state index in [1.54, 1.807) is 0 Å². The summed E-state index contributed by atoms with van der Waals surface area (Å²) in [5.74, 6) is 3.50. The molecule has 0 spiro atoms. The van der Waals surface area contributed by atoms with E-state index in [-0.39, 0.29) is 5.41 Å². The molecule has 0 aliphatic heterocycles. The summed E-state index contributed by atoms with van der Waals surface area (Å²) < 4.78 is 0. The second kappa shape index (κ2) is 3.94. The number of carbonyl (C=O) groups excluding carboxylic acids is 1. The Balaban J connectivity index is 1.69. The Kier molecular flexibility index (Phi) is 2.43. The zero-order valence-electron chi connectivity index (χ0n) is 11.6. The molecule has 19 heavy (non-hydrogen) atoms. The summed E-state index contributed by atoms with van der Waals surface area (Å²) in [6.45, 7) is 1.86. The molecule has 0 N–H and O–H groups in total. The van der Waals surface area contributed by atoms with Gasteiger partial charge in [0.2, 0.25) is 0 Å². The Labute approximate surface area is 115 Å². The van der Waals surface area contributed by atoms with E-state index in [1.165, 1.54) is 31.2 Å². The fourth-order valence-corrected chi connectivity index (χ4v) is 5.83. The fraction of sp³-hybridized carbons (Fsp3) is 0.611. The molecule has 5 rings (SSSR count). The van der Waals surface area contributed by atoms with Gasteiger partial charge in [-0.05, 0) is 68.3 Å². The zero-order chi connectivity index (χ0) is 13.0. The number of hydrogen-bond acceptors (Lipinski definition) is 1. The predicted octanol–water partition coefficient (Wildman–Crippen LogP) is 3.87. The minimum absolute atomic E-state index is 0.0590. The molecule has 5 unspecified atom stereocenters. The fourth-order valence-electron chi connectivity index (χ4n) is 5.83. The second-order valence-corrected chi connectivity index (χ2v) is 7.13. The number of benzene rings is 1. The normalized spacial score (nSPS) is 42.8. The molecule has 1 nitrogen and oxygen atoms in total. The topological polar surface area (TPSA) is 17.1 Å². The number of ketones is 1. The molecule has 4 aliphatic rings. The molecule has 1 heteroatoms. The van der Waals surface area contributed by atoms with Gasteiger partial charge in [-0.3, -0.25) is 4.79 Å². The summed E-state index contributed by atoms with van der Waals surface area (Å²) >= 11 is 0. The van der Waals surface area contributed by atoms with E-state index in [9.17, 15) is 4.79 Å². The van der Waals surface area contributed by atoms with Crippen molar-refractivity contribution in [3.05, 3.63) is 35.9 Å². The van der Waals surface area contributed by atoms with Crippen molar-refractivity contribution in [1.29, 1.82) is 0 Å². The lowest BCUT2D eigenvalue weighted by Gasteiger charge is -2.39. The van der Waals surface area contributed by atoms with Crippen LogP contribution in [-0.4, -0.2) is 5.78 Å². The van der Waals surface area contributed by atoms with Crippen molar-refractivity contribution < 1.29 is 4.79 Å². The zero-order valence-corrected chi connectivity index (χ0v) is 11.6. The second-order valence-electron chi connectivity index (χ2n) is 7.13. The number of carbonyl (C=O) groups is 1. The third-order valence-corrected chi connectivity index (χ3v) is 6.38. The van der Waals surface area contributed by atoms with Crippen LogP contribution >= 0.6 is 0 Å². The molecule has 0 radical (unpaired) electrons. The van der Waals surface area contributed by atoms with E-state index in [0.717, 1.165) is 18.3 Å². The summed E-state index contributed by atoms with van der Waals surface area (Å²) in [6, 6.07) is 10.8. The summed E-state index contributed by atoms with van der Waals surface area (Å²) in [5.41, 5.74) is 1.48. The first-order valence-electron chi connectivity index (χ1n) is 7.75. The summed E-state index contributed by atoms with van der Waals surface area (Å²) in [6.07, 6.45) is 6.37. The summed E-state index contributed by atoms with van der Waals surface area (Å²) in [4.78, 5) is 12.4. The van der Waals surface area contributed by atoms with Crippen LogP contribution in [0.2, 0.25) is 0 Å². The van der Waals surface area contributed by atoms with E-state index < -0.39 is 0 Å². The van der Waals surface area contributed by atoms with Gasteiger partial charge in [0.1, 0.15) is 5.78 Å². The van der Waals surface area contributed by atoms with E-state index in [1.807, 2.05) is 6.92 Å². The highest BCUT2D eigenvalue weighted by atomic mass is 16.1. The quantitative estimate of drug-likeness (QED) is 0.800. The molecule has 1 aromatic carbocycles. The van der Waals surface area contributed by atoms with Crippen molar-refractivity contribution in [3.63, 3.8) is 0 Å². The maximum Gasteiger partial charge on any atom is 0.136 e. The van der Waals surface area contributed by atoms with Gasteiger partial charge in [-0.25, -0.2) is 0 Å². The van der Waals surface area contributed by atoms with Gasteiger partial charge >= 0.3 is 0 Å². The highest BCUT2D eigenvalue weighted by molar-refractivity contribution is 5.84. The molecule has 1 aromatic rings. The molecular formula is C18H22O. The molecule has 4 saturated carbocycles. The first kappa shape index (κ1) is 11.7. The van der Waals surface area contributed by atoms with Crippen LogP contribution in [0, 0.1) is 29.1 Å². The highest BCUT2D eigenvalue weighted by Gasteiger charge is 2.65. The van der Waals surface area contributed by atoms with Crippen molar-refractivity contribution >= 4 is 5.78 Å². The van der Waals surface area contributed by atoms with Crippen molar-refractivity contribution in [3.8, 4) is 0 Å². The molecule has 0 amide bonds. The van der Waals surface area contributed by atoms with Gasteiger partial charge in [0.25, 0.3) is 0 Å². The average Bonchev–Trinajstić information content (AvgIpc) is 2.79. The molecule has 100 valence electrons. The van der Waals surface area contributed by atoms with Crippen molar-refractivity contribution in [2.75, 3.05) is 0 Å². The maximum atomic E-state index is 12.4. The minimum Gasteiger partial charge on any atom is -0.299 e. The Morgan fingerprint density at radius 1 is 1.21 bits per heavy atom. The van der Waals surface area contributed by atoms with Gasteiger partial charge in [-0.1, -0.05) is 30.3 Å². The molecule has 0 saturated heterocycles. The van der Waals surface area contributed by atoms with Gasteiger partial charge in [-0.15, -0.1) is 0 Å². The molecular weight excluding hydrogens is 232 g/mol. The Bertz CT molecular complexity index is 506. The third-order valence-electron chi connectivity index (χ3n) is 6.38. The van der Waals surface area contributed by atoms with Crippen LogP contribution in [0.3, 0.4) is 0 Å². The van der Waals surface area contributed by atoms with Crippen LogP contribution in [0.15, 0.2) is 30.3 Å². The standard InChI is InChI=1S/C18H22O/c1-12(19)18-11-14-7-15(10-16(18)8-14)17(18)9-13-5-3-2-4-6-13/h2-6,14-17H,7-11H2,1H3. The lowest BCUT2D eigenvalue weighted by molar-refractivity contribution is -0.131. The SMILES string of the molecule is CC(=O)C12CC3CC(CC1C3)C2Cc1ccccc1. The summed E-state index contributed by atoms with van der Waals surface area (Å²) in [7, 11) is 0. The first-order chi connectivity index (χ1) is 9.20. The van der Waals surface area contributed by atoms with Crippen LogP contribution in [0.4, 0.5) is 0 Å². The Morgan fingerprint density at radius 2 is 2.00 bits per heavy atom. The first-order valence-corrected chi connectivity index (χ1v) is 7.75. The minimum atomic E-state index is 0.0590. The maximum absolute atomic E-state index is 12.4. The van der Waals surface area contributed by atoms with E-state index >= 15 is 0 Å². The molecule has 4 aliphatic carbocycles. The predicted molar refractivity (Wildman–Crippen MR) is 75.7 cm³/mol. The van der Waals surface area contributed by atoms with E-state index in [2.05, 4.69) is 30.3 Å².